The van der Waals surface area contributed by atoms with Gasteiger partial charge in [-0.2, -0.15) is 0 Å². The fraction of sp³-hybridized carbons (Fsp3) is 0.571. The molecule has 1 aliphatic rings. The van der Waals surface area contributed by atoms with Gasteiger partial charge in [0, 0.05) is 43.5 Å². The number of carboxylic acid groups (broad SMARTS) is 1. The van der Waals surface area contributed by atoms with Crippen molar-refractivity contribution in [2.75, 3.05) is 26.7 Å². The second-order valence-electron chi connectivity index (χ2n) is 5.07. The average molecular weight is 279 g/mol. The van der Waals surface area contributed by atoms with E-state index in [0.717, 1.165) is 29.1 Å². The van der Waals surface area contributed by atoms with Crippen molar-refractivity contribution in [3.05, 3.63) is 23.0 Å². The number of carbonyl (C=O) groups is 1. The second kappa shape index (κ2) is 6.19. The fourth-order valence-corrected chi connectivity index (χ4v) is 2.60. The molecule has 6 nitrogen and oxygen atoms in total. The summed E-state index contributed by atoms with van der Waals surface area (Å²) >= 11 is 0. The van der Waals surface area contributed by atoms with Gasteiger partial charge < -0.3 is 15.2 Å². The van der Waals surface area contributed by atoms with Crippen LogP contribution in [-0.2, 0) is 11.3 Å². The molecule has 0 aliphatic carbocycles. The van der Waals surface area contributed by atoms with E-state index in [1.165, 1.54) is 0 Å². The van der Waals surface area contributed by atoms with E-state index in [4.69, 9.17) is 4.74 Å². The van der Waals surface area contributed by atoms with Crippen molar-refractivity contribution < 1.29 is 14.6 Å². The third-order valence-electron chi connectivity index (χ3n) is 3.74. The van der Waals surface area contributed by atoms with Crippen LogP contribution in [0, 0.1) is 13.8 Å². The first-order valence-electron chi connectivity index (χ1n) is 6.71. The van der Waals surface area contributed by atoms with E-state index in [-0.39, 0.29) is 0 Å². The molecule has 0 saturated carbocycles. The summed E-state index contributed by atoms with van der Waals surface area (Å²) in [6.07, 6.45) is 1.78. The standard InChI is InChI=1S/C14H21N3O3/c1-9-6-16-11(10(2)13(9)20-3)8-17-5-4-15-7-12(17)14(18)19/h6,12,15H,4-5,7-8H2,1-3H3,(H,18,19). The number of ether oxygens (including phenoxy) is 1. The molecule has 1 aromatic heterocycles. The molecular weight excluding hydrogens is 258 g/mol. The first kappa shape index (κ1) is 14.7. The minimum absolute atomic E-state index is 0.470. The number of carboxylic acids is 1. The van der Waals surface area contributed by atoms with Gasteiger partial charge in [-0.05, 0) is 13.8 Å². The number of pyridine rings is 1. The molecule has 0 radical (unpaired) electrons. The maximum Gasteiger partial charge on any atom is 0.322 e. The van der Waals surface area contributed by atoms with Crippen LogP contribution in [0.1, 0.15) is 16.8 Å². The number of piperazine rings is 1. The molecule has 0 amide bonds. The van der Waals surface area contributed by atoms with Crippen LogP contribution in [0.5, 0.6) is 5.75 Å². The molecule has 1 saturated heterocycles. The van der Waals surface area contributed by atoms with Crippen molar-refractivity contribution in [2.45, 2.75) is 26.4 Å². The molecular formula is C14H21N3O3. The van der Waals surface area contributed by atoms with Crippen molar-refractivity contribution in [3.8, 4) is 5.75 Å². The summed E-state index contributed by atoms with van der Waals surface area (Å²) in [5.74, 6) is 0.0333. The van der Waals surface area contributed by atoms with Crippen LogP contribution in [-0.4, -0.2) is 53.7 Å². The van der Waals surface area contributed by atoms with Gasteiger partial charge in [0.2, 0.25) is 0 Å². The van der Waals surface area contributed by atoms with Gasteiger partial charge in [0.1, 0.15) is 11.8 Å². The number of hydrogen-bond acceptors (Lipinski definition) is 5. The fourth-order valence-electron chi connectivity index (χ4n) is 2.60. The molecule has 2 N–H and O–H groups in total. The molecule has 0 spiro atoms. The van der Waals surface area contributed by atoms with E-state index in [1.807, 2.05) is 18.7 Å². The number of nitrogens with one attached hydrogen (secondary N) is 1. The van der Waals surface area contributed by atoms with Crippen molar-refractivity contribution in [1.29, 1.82) is 0 Å². The number of methoxy groups -OCH3 is 1. The highest BCUT2D eigenvalue weighted by molar-refractivity contribution is 5.74. The van der Waals surface area contributed by atoms with Gasteiger partial charge in [-0.1, -0.05) is 0 Å². The summed E-state index contributed by atoms with van der Waals surface area (Å²) in [4.78, 5) is 17.7. The highest BCUT2D eigenvalue weighted by Crippen LogP contribution is 2.25. The predicted octanol–water partition coefficient (Wildman–Crippen LogP) is 0.565. The Bertz CT molecular complexity index is 505. The van der Waals surface area contributed by atoms with Crippen LogP contribution in [0.3, 0.4) is 0 Å². The molecule has 1 aromatic rings. The molecule has 1 fully saturated rings. The molecule has 2 rings (SSSR count). The predicted molar refractivity (Wildman–Crippen MR) is 75.0 cm³/mol. The van der Waals surface area contributed by atoms with Crippen LogP contribution in [0.25, 0.3) is 0 Å². The molecule has 1 atom stereocenters. The SMILES string of the molecule is COc1c(C)cnc(CN2CCNCC2C(=O)O)c1C. The van der Waals surface area contributed by atoms with Crippen LogP contribution >= 0.6 is 0 Å². The van der Waals surface area contributed by atoms with Crippen molar-refractivity contribution in [3.63, 3.8) is 0 Å². The Balaban J connectivity index is 2.22. The monoisotopic (exact) mass is 279 g/mol. The van der Waals surface area contributed by atoms with Crippen LogP contribution in [0.15, 0.2) is 6.20 Å². The number of hydrogen-bond donors (Lipinski definition) is 2. The summed E-state index contributed by atoms with van der Waals surface area (Å²) in [6, 6.07) is -0.503. The summed E-state index contributed by atoms with van der Waals surface area (Å²) in [5, 5.41) is 12.4. The van der Waals surface area contributed by atoms with Gasteiger partial charge in [-0.3, -0.25) is 14.7 Å². The Hall–Kier alpha value is -1.66. The normalized spacial score (nSPS) is 19.9. The zero-order valence-electron chi connectivity index (χ0n) is 12.1. The Morgan fingerprint density at radius 1 is 1.60 bits per heavy atom. The summed E-state index contributed by atoms with van der Waals surface area (Å²) in [6.45, 7) is 6.41. The van der Waals surface area contributed by atoms with Gasteiger partial charge in [0.25, 0.3) is 0 Å². The van der Waals surface area contributed by atoms with Gasteiger partial charge in [-0.15, -0.1) is 0 Å². The maximum atomic E-state index is 11.3. The quantitative estimate of drug-likeness (QED) is 0.839. The maximum absolute atomic E-state index is 11.3. The molecule has 1 unspecified atom stereocenters. The van der Waals surface area contributed by atoms with Crippen molar-refractivity contribution in [1.82, 2.24) is 15.2 Å². The molecule has 0 bridgehead atoms. The second-order valence-corrected chi connectivity index (χ2v) is 5.07. The summed E-state index contributed by atoms with van der Waals surface area (Å²) in [7, 11) is 1.64. The Labute approximate surface area is 118 Å². The third kappa shape index (κ3) is 2.91. The average Bonchev–Trinajstić information content (AvgIpc) is 2.43. The lowest BCUT2D eigenvalue weighted by atomic mass is 10.1. The van der Waals surface area contributed by atoms with Gasteiger partial charge in [-0.25, -0.2) is 0 Å². The lowest BCUT2D eigenvalue weighted by Crippen LogP contribution is -2.54. The third-order valence-corrected chi connectivity index (χ3v) is 3.74. The van der Waals surface area contributed by atoms with Crippen molar-refractivity contribution >= 4 is 5.97 Å². The number of aliphatic carboxylic acids is 1. The Morgan fingerprint density at radius 2 is 2.35 bits per heavy atom. The van der Waals surface area contributed by atoms with Gasteiger partial charge in [0.15, 0.2) is 0 Å². The summed E-state index contributed by atoms with van der Waals surface area (Å²) < 4.78 is 5.39. The number of rotatable bonds is 4. The van der Waals surface area contributed by atoms with E-state index in [0.29, 0.717) is 19.6 Å². The number of nitrogens with zero attached hydrogens (tertiary/aromatic N) is 2. The molecule has 20 heavy (non-hydrogen) atoms. The van der Waals surface area contributed by atoms with Crippen molar-refractivity contribution in [2.24, 2.45) is 0 Å². The van der Waals surface area contributed by atoms with Crippen LogP contribution in [0.4, 0.5) is 0 Å². The number of aromatic nitrogens is 1. The van der Waals surface area contributed by atoms with E-state index in [1.54, 1.807) is 13.3 Å². The van der Waals surface area contributed by atoms with E-state index >= 15 is 0 Å². The largest absolute Gasteiger partial charge is 0.496 e. The van der Waals surface area contributed by atoms with E-state index in [9.17, 15) is 9.90 Å². The molecule has 1 aliphatic heterocycles. The Morgan fingerprint density at radius 3 is 3.00 bits per heavy atom. The topological polar surface area (TPSA) is 74.7 Å². The zero-order valence-corrected chi connectivity index (χ0v) is 12.1. The van der Waals surface area contributed by atoms with E-state index in [2.05, 4.69) is 10.3 Å². The molecule has 0 aromatic carbocycles. The van der Waals surface area contributed by atoms with Gasteiger partial charge >= 0.3 is 5.97 Å². The highest BCUT2D eigenvalue weighted by Gasteiger charge is 2.29. The first-order valence-corrected chi connectivity index (χ1v) is 6.71. The Kier molecular flexibility index (Phi) is 4.57. The number of aryl methyl sites for hydroxylation is 1. The minimum atomic E-state index is -0.797. The molecule has 2 heterocycles. The van der Waals surface area contributed by atoms with Crippen LogP contribution < -0.4 is 10.1 Å². The smallest absolute Gasteiger partial charge is 0.322 e. The lowest BCUT2D eigenvalue weighted by Gasteiger charge is -2.33. The minimum Gasteiger partial charge on any atom is -0.496 e. The van der Waals surface area contributed by atoms with Gasteiger partial charge in [0.05, 0.1) is 12.8 Å². The highest BCUT2D eigenvalue weighted by atomic mass is 16.5. The molecule has 110 valence electrons. The van der Waals surface area contributed by atoms with E-state index < -0.39 is 12.0 Å². The van der Waals surface area contributed by atoms with Crippen LogP contribution in [0.2, 0.25) is 0 Å². The molecule has 6 heteroatoms. The zero-order chi connectivity index (χ0) is 14.7. The lowest BCUT2D eigenvalue weighted by molar-refractivity contribution is -0.144. The summed E-state index contributed by atoms with van der Waals surface area (Å²) in [5.41, 5.74) is 2.85. The first-order chi connectivity index (χ1) is 9.54.